The third-order valence-electron chi connectivity index (χ3n) is 8.48. The van der Waals surface area contributed by atoms with Crippen LogP contribution in [0.4, 0.5) is 0 Å². The quantitative estimate of drug-likeness (QED) is 0.171. The Morgan fingerprint density at radius 2 is 0.909 bits per heavy atom. The van der Waals surface area contributed by atoms with Gasteiger partial charge in [-0.1, -0.05) is 165 Å². The highest BCUT2D eigenvalue weighted by Gasteiger charge is 2.30. The van der Waals surface area contributed by atoms with Crippen molar-refractivity contribution in [1.82, 2.24) is 0 Å². The van der Waals surface area contributed by atoms with Gasteiger partial charge in [0.1, 0.15) is 0 Å². The average Bonchev–Trinajstić information content (AvgIpc) is 3.10. The van der Waals surface area contributed by atoms with E-state index < -0.39 is 7.14 Å². The van der Waals surface area contributed by atoms with Crippen LogP contribution in [0.25, 0.3) is 56.0 Å². The van der Waals surface area contributed by atoms with Crippen molar-refractivity contribution in [1.29, 1.82) is 0 Å². The minimum Gasteiger partial charge on any atom is -0.309 e. The van der Waals surface area contributed by atoms with Crippen LogP contribution in [0.1, 0.15) is 11.1 Å². The molecule has 0 aliphatic carbocycles. The molecule has 0 radical (unpaired) electrons. The van der Waals surface area contributed by atoms with Crippen molar-refractivity contribution in [2.75, 3.05) is 0 Å². The number of hydrogen-bond donors (Lipinski definition) is 0. The third-order valence-corrected chi connectivity index (χ3v) is 11.5. The first kappa shape index (κ1) is 27.6. The van der Waals surface area contributed by atoms with Crippen LogP contribution in [0.3, 0.4) is 0 Å². The summed E-state index contributed by atoms with van der Waals surface area (Å²) >= 11 is 0. The highest BCUT2D eigenvalue weighted by Crippen LogP contribution is 2.46. The molecule has 0 heterocycles. The van der Waals surface area contributed by atoms with Crippen molar-refractivity contribution >= 4 is 56.8 Å². The summed E-state index contributed by atoms with van der Waals surface area (Å²) in [6.07, 6.45) is 3.88. The average molecular weight is 583 g/mol. The minimum absolute atomic E-state index is 0.797. The molecule has 0 saturated carbocycles. The maximum atomic E-state index is 15.3. The first-order valence-electron chi connectivity index (χ1n) is 14.8. The van der Waals surface area contributed by atoms with Gasteiger partial charge in [-0.3, -0.25) is 0 Å². The zero-order chi connectivity index (χ0) is 30.1. The lowest BCUT2D eigenvalue weighted by molar-refractivity contribution is 0.592. The molecular formula is C42H31OP. The van der Waals surface area contributed by atoms with Gasteiger partial charge in [-0.15, -0.1) is 0 Å². The number of fused-ring (bicyclic) bond motifs is 2. The van der Waals surface area contributed by atoms with E-state index in [2.05, 4.69) is 92.0 Å². The van der Waals surface area contributed by atoms with Gasteiger partial charge in [-0.2, -0.15) is 0 Å². The van der Waals surface area contributed by atoms with E-state index in [0.717, 1.165) is 60.1 Å². The molecule has 0 saturated heterocycles. The number of rotatable bonds is 7. The third kappa shape index (κ3) is 4.54. The molecular weight excluding hydrogens is 551 g/mol. The highest BCUT2D eigenvalue weighted by atomic mass is 31.2. The lowest BCUT2D eigenvalue weighted by Gasteiger charge is -2.23. The van der Waals surface area contributed by atoms with Crippen LogP contribution in [0.15, 0.2) is 165 Å². The molecule has 1 nitrogen and oxygen atoms in total. The topological polar surface area (TPSA) is 17.1 Å². The van der Waals surface area contributed by atoms with Gasteiger partial charge in [0.2, 0.25) is 0 Å². The summed E-state index contributed by atoms with van der Waals surface area (Å²) in [5.41, 5.74) is 6.36. The Balaban J connectivity index is 1.51. The molecule has 0 N–H and O–H groups in total. The summed E-state index contributed by atoms with van der Waals surface area (Å²) in [5, 5.41) is 7.08. The Kier molecular flexibility index (Phi) is 7.18. The smallest absolute Gasteiger partial charge is 0.171 e. The Hall–Kier alpha value is -5.23. The normalized spacial score (nSPS) is 11.5. The zero-order valence-electron chi connectivity index (χ0n) is 24.4. The standard InChI is InChI=1S/C42H31OP/c1-3-37-38(4-2)42(33-27-26-30-16-11-12-17-31(30)28-33)40-25-14-13-24-39(40)41(37)32-18-15-23-36(29-32)44(43,34-19-7-5-8-20-34)35-21-9-6-10-22-35/h3-29H,1-2H2. The van der Waals surface area contributed by atoms with Gasteiger partial charge >= 0.3 is 0 Å². The monoisotopic (exact) mass is 582 g/mol. The van der Waals surface area contributed by atoms with Crippen LogP contribution >= 0.6 is 7.14 Å². The van der Waals surface area contributed by atoms with Gasteiger partial charge in [0, 0.05) is 15.9 Å². The molecule has 0 spiro atoms. The number of benzene rings is 7. The second kappa shape index (κ2) is 11.5. The van der Waals surface area contributed by atoms with Crippen LogP contribution in [0.5, 0.6) is 0 Å². The van der Waals surface area contributed by atoms with E-state index in [0.29, 0.717) is 0 Å². The summed E-state index contributed by atoms with van der Waals surface area (Å²) in [7, 11) is -3.15. The van der Waals surface area contributed by atoms with E-state index in [1.165, 1.54) is 10.8 Å². The molecule has 0 aliphatic heterocycles. The Morgan fingerprint density at radius 1 is 0.432 bits per heavy atom. The van der Waals surface area contributed by atoms with E-state index in [9.17, 15) is 0 Å². The molecule has 0 unspecified atom stereocenters. The van der Waals surface area contributed by atoms with Gasteiger partial charge in [0.05, 0.1) is 0 Å². The molecule has 0 aromatic heterocycles. The summed E-state index contributed by atoms with van der Waals surface area (Å²) in [5.74, 6) is 0. The Morgan fingerprint density at radius 3 is 1.48 bits per heavy atom. The summed E-state index contributed by atoms with van der Waals surface area (Å²) in [6, 6.07) is 51.5. The van der Waals surface area contributed by atoms with Crippen LogP contribution < -0.4 is 15.9 Å². The predicted molar refractivity (Wildman–Crippen MR) is 192 cm³/mol. The van der Waals surface area contributed by atoms with Crippen LogP contribution in [-0.4, -0.2) is 0 Å². The van der Waals surface area contributed by atoms with Gasteiger partial charge in [0.25, 0.3) is 0 Å². The fourth-order valence-electron chi connectivity index (χ4n) is 6.45. The molecule has 0 aliphatic rings. The van der Waals surface area contributed by atoms with Gasteiger partial charge in [0.15, 0.2) is 7.14 Å². The first-order valence-corrected chi connectivity index (χ1v) is 16.5. The Labute approximate surface area is 258 Å². The molecule has 7 aromatic carbocycles. The van der Waals surface area contributed by atoms with Crippen molar-refractivity contribution in [3.63, 3.8) is 0 Å². The fraction of sp³-hybridized carbons (Fsp3) is 0. The molecule has 0 amide bonds. The van der Waals surface area contributed by atoms with E-state index in [1.54, 1.807) is 0 Å². The zero-order valence-corrected chi connectivity index (χ0v) is 25.3. The van der Waals surface area contributed by atoms with Crippen LogP contribution in [0.2, 0.25) is 0 Å². The molecule has 210 valence electrons. The lowest BCUT2D eigenvalue weighted by Crippen LogP contribution is -2.25. The minimum atomic E-state index is -3.15. The summed E-state index contributed by atoms with van der Waals surface area (Å²) < 4.78 is 15.3. The molecule has 7 aromatic rings. The summed E-state index contributed by atoms with van der Waals surface area (Å²) in [6.45, 7) is 8.55. The van der Waals surface area contributed by atoms with E-state index >= 15 is 4.57 Å². The Bertz CT molecular complexity index is 2190. The van der Waals surface area contributed by atoms with Crippen molar-refractivity contribution in [2.45, 2.75) is 0 Å². The molecule has 7 rings (SSSR count). The fourth-order valence-corrected chi connectivity index (χ4v) is 9.15. The first-order chi connectivity index (χ1) is 21.6. The van der Waals surface area contributed by atoms with Crippen LogP contribution in [0, 0.1) is 0 Å². The largest absolute Gasteiger partial charge is 0.309 e. The predicted octanol–water partition coefficient (Wildman–Crippen LogP) is 10.3. The van der Waals surface area contributed by atoms with Gasteiger partial charge in [-0.05, 0) is 67.1 Å². The van der Waals surface area contributed by atoms with Gasteiger partial charge in [-0.25, -0.2) is 0 Å². The second-order valence-corrected chi connectivity index (χ2v) is 13.7. The van der Waals surface area contributed by atoms with Crippen molar-refractivity contribution in [2.24, 2.45) is 0 Å². The van der Waals surface area contributed by atoms with Crippen LogP contribution in [-0.2, 0) is 4.57 Å². The van der Waals surface area contributed by atoms with E-state index in [-0.39, 0.29) is 0 Å². The van der Waals surface area contributed by atoms with Gasteiger partial charge < -0.3 is 4.57 Å². The maximum absolute atomic E-state index is 15.3. The molecule has 0 bridgehead atoms. The highest BCUT2D eigenvalue weighted by molar-refractivity contribution is 7.85. The van der Waals surface area contributed by atoms with E-state index in [4.69, 9.17) is 0 Å². The van der Waals surface area contributed by atoms with Crippen molar-refractivity contribution < 1.29 is 4.57 Å². The maximum Gasteiger partial charge on any atom is 0.171 e. The molecule has 0 atom stereocenters. The van der Waals surface area contributed by atoms with E-state index in [1.807, 2.05) is 84.9 Å². The number of hydrogen-bond acceptors (Lipinski definition) is 1. The molecule has 0 fully saturated rings. The lowest BCUT2D eigenvalue weighted by atomic mass is 9.83. The summed E-state index contributed by atoms with van der Waals surface area (Å²) in [4.78, 5) is 0. The van der Waals surface area contributed by atoms with Crippen molar-refractivity contribution in [3.05, 3.63) is 176 Å². The SMILES string of the molecule is C=Cc1c(C=C)c(-c2ccc3ccccc3c2)c2ccccc2c1-c1cccc(P(=O)(c2ccccc2)c2ccccc2)c1. The molecule has 44 heavy (non-hydrogen) atoms. The molecule has 2 heteroatoms. The van der Waals surface area contributed by atoms with Crippen molar-refractivity contribution in [3.8, 4) is 22.3 Å². The second-order valence-electron chi connectivity index (χ2n) is 10.9.